The first-order valence-electron chi connectivity index (χ1n) is 11.1. The summed E-state index contributed by atoms with van der Waals surface area (Å²) in [7, 11) is -4.19. The van der Waals surface area contributed by atoms with Gasteiger partial charge in [-0.3, -0.25) is 13.9 Å². The number of hydrogen-bond acceptors (Lipinski definition) is 4. The van der Waals surface area contributed by atoms with Crippen LogP contribution in [0.25, 0.3) is 0 Å². The molecular weight excluding hydrogens is 519 g/mol. The molecule has 0 aliphatic rings. The number of sulfonamides is 1. The van der Waals surface area contributed by atoms with Gasteiger partial charge >= 0.3 is 6.18 Å². The fraction of sp³-hybridized carbons (Fsp3) is 0.417. The molecule has 1 N–H and O–H groups in total. The van der Waals surface area contributed by atoms with E-state index in [1.54, 1.807) is 12.1 Å². The number of alkyl halides is 3. The maximum Gasteiger partial charge on any atom is 0.417 e. The number of halogens is 4. The summed E-state index contributed by atoms with van der Waals surface area (Å²) in [5, 5.41) is 2.10. The Balaban J connectivity index is 2.46. The summed E-state index contributed by atoms with van der Waals surface area (Å²) in [6, 6.07) is 8.84. The summed E-state index contributed by atoms with van der Waals surface area (Å²) < 4.78 is 65.8. The average Bonchev–Trinajstić information content (AvgIpc) is 2.78. The lowest BCUT2D eigenvalue weighted by atomic mass is 10.1. The van der Waals surface area contributed by atoms with E-state index in [0.717, 1.165) is 24.0 Å². The zero-order valence-electron chi connectivity index (χ0n) is 20.4. The van der Waals surface area contributed by atoms with Gasteiger partial charge in [-0.25, -0.2) is 8.42 Å². The van der Waals surface area contributed by atoms with Gasteiger partial charge in [0.1, 0.15) is 12.6 Å². The van der Waals surface area contributed by atoms with Crippen LogP contribution >= 0.6 is 11.6 Å². The van der Waals surface area contributed by atoms with E-state index in [1.165, 1.54) is 11.8 Å². The van der Waals surface area contributed by atoms with E-state index < -0.39 is 51.2 Å². The van der Waals surface area contributed by atoms with Crippen molar-refractivity contribution in [2.75, 3.05) is 23.7 Å². The molecule has 2 aromatic carbocycles. The number of amides is 2. The van der Waals surface area contributed by atoms with Crippen molar-refractivity contribution in [1.82, 2.24) is 10.2 Å². The molecule has 0 aromatic heterocycles. The summed E-state index contributed by atoms with van der Waals surface area (Å²) in [5.74, 6) is -1.20. The van der Waals surface area contributed by atoms with E-state index in [2.05, 4.69) is 5.32 Å². The minimum atomic E-state index is -4.83. The van der Waals surface area contributed by atoms with Gasteiger partial charge in [-0.1, -0.05) is 48.4 Å². The highest BCUT2D eigenvalue weighted by atomic mass is 35.5. The first-order valence-corrected chi connectivity index (χ1v) is 13.3. The lowest BCUT2D eigenvalue weighted by molar-refractivity contribution is -0.139. The van der Waals surface area contributed by atoms with Gasteiger partial charge in [0, 0.05) is 13.1 Å². The third kappa shape index (κ3) is 7.86. The first kappa shape index (κ1) is 29.4. The van der Waals surface area contributed by atoms with Gasteiger partial charge in [0.25, 0.3) is 0 Å². The maximum absolute atomic E-state index is 13.4. The number of nitrogens with zero attached hydrogens (tertiary/aromatic N) is 2. The Morgan fingerprint density at radius 1 is 1.14 bits per heavy atom. The fourth-order valence-corrected chi connectivity index (χ4v) is 4.55. The molecule has 1 atom stereocenters. The lowest BCUT2D eigenvalue weighted by Crippen LogP contribution is -2.51. The van der Waals surface area contributed by atoms with E-state index in [0.29, 0.717) is 28.9 Å². The summed E-state index contributed by atoms with van der Waals surface area (Å²) in [6.45, 7) is 4.80. The Bertz CT molecular complexity index is 1210. The van der Waals surface area contributed by atoms with Gasteiger partial charge in [0.05, 0.1) is 22.5 Å². The summed E-state index contributed by atoms with van der Waals surface area (Å²) >= 11 is 5.67. The molecule has 0 fully saturated rings. The van der Waals surface area contributed by atoms with Crippen LogP contribution in [-0.2, 0) is 32.3 Å². The number of rotatable bonds is 10. The van der Waals surface area contributed by atoms with Crippen LogP contribution in [0.1, 0.15) is 37.0 Å². The second kappa shape index (κ2) is 12.0. The van der Waals surface area contributed by atoms with E-state index in [9.17, 15) is 31.2 Å². The third-order valence-electron chi connectivity index (χ3n) is 5.37. The summed E-state index contributed by atoms with van der Waals surface area (Å²) in [5.41, 5.74) is 0.0182. The number of carbonyl (C=O) groups excluding carboxylic acids is 2. The smallest absolute Gasteiger partial charge is 0.354 e. The Labute approximate surface area is 214 Å². The molecule has 0 radical (unpaired) electrons. The van der Waals surface area contributed by atoms with E-state index in [1.807, 2.05) is 26.0 Å². The molecule has 0 aliphatic carbocycles. The van der Waals surface area contributed by atoms with Crippen molar-refractivity contribution in [3.63, 3.8) is 0 Å². The van der Waals surface area contributed by atoms with Crippen molar-refractivity contribution < 1.29 is 31.2 Å². The molecule has 12 heteroatoms. The quantitative estimate of drug-likeness (QED) is 0.478. The van der Waals surface area contributed by atoms with Gasteiger partial charge in [-0.2, -0.15) is 13.2 Å². The lowest BCUT2D eigenvalue weighted by Gasteiger charge is -2.31. The molecule has 2 rings (SSSR count). The second-order valence-corrected chi connectivity index (χ2v) is 10.7. The molecule has 7 nitrogen and oxygen atoms in total. The number of carbonyl (C=O) groups is 2. The van der Waals surface area contributed by atoms with Crippen molar-refractivity contribution in [2.24, 2.45) is 0 Å². The van der Waals surface area contributed by atoms with Gasteiger partial charge in [-0.05, 0) is 44.0 Å². The van der Waals surface area contributed by atoms with E-state index in [-0.39, 0.29) is 12.2 Å². The maximum atomic E-state index is 13.4. The molecule has 0 saturated heterocycles. The molecule has 198 valence electrons. The highest BCUT2D eigenvalue weighted by Crippen LogP contribution is 2.37. The number of benzene rings is 2. The van der Waals surface area contributed by atoms with Gasteiger partial charge in [0.15, 0.2) is 0 Å². The third-order valence-corrected chi connectivity index (χ3v) is 6.84. The predicted molar refractivity (Wildman–Crippen MR) is 133 cm³/mol. The van der Waals surface area contributed by atoms with Crippen LogP contribution in [0, 0.1) is 6.92 Å². The zero-order chi connectivity index (χ0) is 27.3. The summed E-state index contributed by atoms with van der Waals surface area (Å²) in [4.78, 5) is 27.3. The van der Waals surface area contributed by atoms with Crippen LogP contribution in [0.3, 0.4) is 0 Å². The van der Waals surface area contributed by atoms with Crippen molar-refractivity contribution in [2.45, 2.75) is 46.0 Å². The molecule has 1 unspecified atom stereocenters. The molecule has 2 aromatic rings. The van der Waals surface area contributed by atoms with Gasteiger partial charge in [-0.15, -0.1) is 0 Å². The van der Waals surface area contributed by atoms with Crippen molar-refractivity contribution in [3.05, 3.63) is 64.2 Å². The highest BCUT2D eigenvalue weighted by Gasteiger charge is 2.35. The van der Waals surface area contributed by atoms with E-state index in [4.69, 9.17) is 11.6 Å². The summed E-state index contributed by atoms with van der Waals surface area (Å²) in [6.07, 6.45) is -3.38. The first-order chi connectivity index (χ1) is 16.6. The molecule has 0 saturated carbocycles. The minimum absolute atomic E-state index is 0.00670. The molecule has 0 heterocycles. The monoisotopic (exact) mass is 547 g/mol. The number of anilines is 1. The fourth-order valence-electron chi connectivity index (χ4n) is 3.49. The zero-order valence-corrected chi connectivity index (χ0v) is 22.0. The second-order valence-electron chi connectivity index (χ2n) is 8.41. The van der Waals surface area contributed by atoms with Crippen LogP contribution in [0.15, 0.2) is 42.5 Å². The Kier molecular flexibility index (Phi) is 9.78. The van der Waals surface area contributed by atoms with Gasteiger partial charge in [0.2, 0.25) is 21.8 Å². The molecule has 2 amide bonds. The van der Waals surface area contributed by atoms with Crippen LogP contribution in [0.2, 0.25) is 5.02 Å². The largest absolute Gasteiger partial charge is 0.417 e. The normalized spacial score (nSPS) is 12.7. The van der Waals surface area contributed by atoms with Crippen LogP contribution in [0.4, 0.5) is 18.9 Å². The highest BCUT2D eigenvalue weighted by molar-refractivity contribution is 7.92. The Morgan fingerprint density at radius 3 is 2.36 bits per heavy atom. The molecule has 36 heavy (non-hydrogen) atoms. The van der Waals surface area contributed by atoms with Crippen LogP contribution in [0.5, 0.6) is 0 Å². The number of aryl methyl sites for hydroxylation is 1. The standard InChI is InChI=1S/C24H29ClF3N3O4S/c1-5-11-29-23(33)17(3)30(14-18-8-6-7-16(2)12-18)22(32)15-31(36(4,34)35)19-9-10-21(25)20(13-19)24(26,27)28/h6-10,12-13,17H,5,11,14-15H2,1-4H3,(H,29,33). The minimum Gasteiger partial charge on any atom is -0.354 e. The predicted octanol–water partition coefficient (Wildman–Crippen LogP) is 4.38. The molecule has 0 bridgehead atoms. The van der Waals surface area contributed by atoms with Crippen molar-refractivity contribution in [1.29, 1.82) is 0 Å². The number of hydrogen-bond donors (Lipinski definition) is 1. The van der Waals surface area contributed by atoms with Crippen molar-refractivity contribution in [3.8, 4) is 0 Å². The number of nitrogens with one attached hydrogen (secondary N) is 1. The topological polar surface area (TPSA) is 86.8 Å². The van der Waals surface area contributed by atoms with Gasteiger partial charge < -0.3 is 10.2 Å². The van der Waals surface area contributed by atoms with E-state index >= 15 is 0 Å². The molecule has 0 spiro atoms. The van der Waals surface area contributed by atoms with Crippen LogP contribution < -0.4 is 9.62 Å². The van der Waals surface area contributed by atoms with Crippen molar-refractivity contribution >= 4 is 39.1 Å². The average molecular weight is 548 g/mol. The van der Waals surface area contributed by atoms with Crippen LogP contribution in [-0.4, -0.2) is 50.5 Å². The Morgan fingerprint density at radius 2 is 1.81 bits per heavy atom. The molecular formula is C24H29ClF3N3O4S. The molecule has 0 aliphatic heterocycles. The SMILES string of the molecule is CCCNC(=O)C(C)N(Cc1cccc(C)c1)C(=O)CN(c1ccc(Cl)c(C(F)(F)F)c1)S(C)(=O)=O. The Hall–Kier alpha value is -2.79.